The molecule has 1 fully saturated rings. The second-order valence-corrected chi connectivity index (χ2v) is 4.55. The van der Waals surface area contributed by atoms with E-state index in [-0.39, 0.29) is 5.82 Å². The minimum Gasteiger partial charge on any atom is -0.365 e. The molecule has 0 amide bonds. The molecule has 1 aromatic heterocycles. The zero-order valence-electron chi connectivity index (χ0n) is 10.3. The van der Waals surface area contributed by atoms with Crippen LogP contribution in [0.4, 0.5) is 11.5 Å². The zero-order valence-corrected chi connectivity index (χ0v) is 10.3. The molecule has 0 spiro atoms. The fourth-order valence-electron chi connectivity index (χ4n) is 2.49. The summed E-state index contributed by atoms with van der Waals surface area (Å²) in [4.78, 5) is 16.2. The van der Waals surface area contributed by atoms with E-state index in [0.29, 0.717) is 12.6 Å². The van der Waals surface area contributed by atoms with Crippen LogP contribution in [0.5, 0.6) is 0 Å². The van der Waals surface area contributed by atoms with Crippen LogP contribution in [0.2, 0.25) is 0 Å². The maximum atomic E-state index is 10.6. The van der Waals surface area contributed by atoms with Crippen LogP contribution in [0.15, 0.2) is 18.3 Å². The third-order valence-electron chi connectivity index (χ3n) is 3.38. The van der Waals surface area contributed by atoms with Gasteiger partial charge >= 0.3 is 5.82 Å². The molecule has 6 nitrogen and oxygen atoms in total. The molecule has 1 aliphatic heterocycles. The van der Waals surface area contributed by atoms with Crippen molar-refractivity contribution in [2.45, 2.75) is 31.7 Å². The molecule has 0 aliphatic carbocycles. The summed E-state index contributed by atoms with van der Waals surface area (Å²) in [5, 5.41) is 10.6. The highest BCUT2D eigenvalue weighted by molar-refractivity contribution is 5.47. The minimum absolute atomic E-state index is 0.105. The predicted octanol–water partition coefficient (Wildman–Crippen LogP) is 1.70. The first-order chi connectivity index (χ1) is 8.72. The van der Waals surface area contributed by atoms with E-state index in [9.17, 15) is 10.1 Å². The van der Waals surface area contributed by atoms with Gasteiger partial charge in [0.05, 0.1) is 5.69 Å². The van der Waals surface area contributed by atoms with Crippen LogP contribution in [-0.2, 0) is 0 Å². The molecule has 0 aromatic carbocycles. The largest absolute Gasteiger partial charge is 0.365 e. The Balaban J connectivity index is 2.15. The van der Waals surface area contributed by atoms with Crippen molar-refractivity contribution in [3.63, 3.8) is 0 Å². The van der Waals surface area contributed by atoms with Gasteiger partial charge < -0.3 is 20.7 Å². The van der Waals surface area contributed by atoms with Crippen molar-refractivity contribution in [1.82, 2.24) is 4.98 Å². The highest BCUT2D eigenvalue weighted by Crippen LogP contribution is 2.26. The summed E-state index contributed by atoms with van der Waals surface area (Å²) < 4.78 is 0. The summed E-state index contributed by atoms with van der Waals surface area (Å²) >= 11 is 0. The van der Waals surface area contributed by atoms with Crippen molar-refractivity contribution >= 4 is 11.5 Å². The number of hydrogen-bond donors (Lipinski definition) is 1. The molecule has 6 heteroatoms. The number of pyridine rings is 1. The highest BCUT2D eigenvalue weighted by Gasteiger charge is 2.23. The van der Waals surface area contributed by atoms with E-state index in [1.54, 1.807) is 12.3 Å². The van der Waals surface area contributed by atoms with Gasteiger partial charge in [-0.15, -0.1) is 0 Å². The van der Waals surface area contributed by atoms with E-state index in [2.05, 4.69) is 9.88 Å². The Morgan fingerprint density at radius 1 is 1.50 bits per heavy atom. The Morgan fingerprint density at radius 2 is 2.33 bits per heavy atom. The lowest BCUT2D eigenvalue weighted by Gasteiger charge is -2.36. The molecule has 0 radical (unpaired) electrons. The van der Waals surface area contributed by atoms with Gasteiger partial charge in [0.2, 0.25) is 0 Å². The van der Waals surface area contributed by atoms with Gasteiger partial charge in [-0.05, 0) is 48.2 Å². The van der Waals surface area contributed by atoms with Crippen LogP contribution in [0.25, 0.3) is 0 Å². The zero-order chi connectivity index (χ0) is 13.0. The van der Waals surface area contributed by atoms with Crippen molar-refractivity contribution in [3.05, 3.63) is 28.4 Å². The van der Waals surface area contributed by atoms with E-state index in [4.69, 9.17) is 5.73 Å². The van der Waals surface area contributed by atoms with Gasteiger partial charge in [-0.1, -0.05) is 0 Å². The van der Waals surface area contributed by atoms with Crippen LogP contribution in [0.3, 0.4) is 0 Å². The van der Waals surface area contributed by atoms with Gasteiger partial charge in [-0.2, -0.15) is 0 Å². The molecular weight excluding hydrogens is 232 g/mol. The first kappa shape index (κ1) is 12.8. The molecule has 1 saturated heterocycles. The SMILES string of the molecule is NCCC1CCCCN1c1ccc([N+](=O)[O-])nc1. The average molecular weight is 250 g/mol. The van der Waals surface area contributed by atoms with Gasteiger partial charge in [0.15, 0.2) is 6.20 Å². The number of aromatic nitrogens is 1. The van der Waals surface area contributed by atoms with E-state index < -0.39 is 4.92 Å². The van der Waals surface area contributed by atoms with E-state index in [0.717, 1.165) is 31.5 Å². The van der Waals surface area contributed by atoms with Crippen molar-refractivity contribution < 1.29 is 4.92 Å². The standard InChI is InChI=1S/C12H18N4O2/c13-7-6-10-3-1-2-8-15(10)11-4-5-12(14-9-11)16(17)18/h4-5,9-10H,1-3,6-8,13H2. The van der Waals surface area contributed by atoms with Crippen LogP contribution in [0.1, 0.15) is 25.7 Å². The Bertz CT molecular complexity index is 405. The Kier molecular flexibility index (Phi) is 4.09. The fraction of sp³-hybridized carbons (Fsp3) is 0.583. The summed E-state index contributed by atoms with van der Waals surface area (Å²) in [6.07, 6.45) is 6.05. The number of nitro groups is 1. The normalized spacial score (nSPS) is 19.8. The van der Waals surface area contributed by atoms with Gasteiger partial charge in [0.1, 0.15) is 0 Å². The van der Waals surface area contributed by atoms with E-state index >= 15 is 0 Å². The number of nitrogens with zero attached hydrogens (tertiary/aromatic N) is 3. The van der Waals surface area contributed by atoms with Crippen molar-refractivity contribution in [2.75, 3.05) is 18.0 Å². The summed E-state index contributed by atoms with van der Waals surface area (Å²) in [7, 11) is 0. The van der Waals surface area contributed by atoms with Crippen LogP contribution in [0, 0.1) is 10.1 Å². The van der Waals surface area contributed by atoms with Gasteiger partial charge in [-0.25, -0.2) is 0 Å². The van der Waals surface area contributed by atoms with E-state index in [1.807, 2.05) is 0 Å². The summed E-state index contributed by atoms with van der Waals surface area (Å²) in [5.41, 5.74) is 6.59. The van der Waals surface area contributed by atoms with Crippen LogP contribution in [-0.4, -0.2) is 29.0 Å². The lowest BCUT2D eigenvalue weighted by Crippen LogP contribution is -2.40. The van der Waals surface area contributed by atoms with Crippen LogP contribution < -0.4 is 10.6 Å². The maximum Gasteiger partial charge on any atom is 0.363 e. The molecule has 98 valence electrons. The molecular formula is C12H18N4O2. The molecule has 0 bridgehead atoms. The summed E-state index contributed by atoms with van der Waals surface area (Å²) in [5.74, 6) is -0.105. The van der Waals surface area contributed by atoms with Crippen molar-refractivity contribution in [2.24, 2.45) is 5.73 Å². The Labute approximate surface area is 106 Å². The van der Waals surface area contributed by atoms with Gasteiger partial charge in [-0.3, -0.25) is 0 Å². The molecule has 1 aromatic rings. The number of nitrogens with two attached hydrogens (primary N) is 1. The number of anilines is 1. The molecule has 2 N–H and O–H groups in total. The van der Waals surface area contributed by atoms with Crippen LogP contribution >= 0.6 is 0 Å². The number of hydrogen-bond acceptors (Lipinski definition) is 5. The molecule has 1 unspecified atom stereocenters. The monoisotopic (exact) mass is 250 g/mol. The molecule has 2 heterocycles. The first-order valence-electron chi connectivity index (χ1n) is 6.29. The third-order valence-corrected chi connectivity index (χ3v) is 3.38. The summed E-state index contributed by atoms with van der Waals surface area (Å²) in [6.45, 7) is 1.64. The first-order valence-corrected chi connectivity index (χ1v) is 6.29. The number of piperidine rings is 1. The van der Waals surface area contributed by atoms with Crippen molar-refractivity contribution in [1.29, 1.82) is 0 Å². The molecule has 1 atom stereocenters. The lowest BCUT2D eigenvalue weighted by molar-refractivity contribution is -0.389. The summed E-state index contributed by atoms with van der Waals surface area (Å²) in [6, 6.07) is 3.68. The average Bonchev–Trinajstić information content (AvgIpc) is 2.40. The molecule has 0 saturated carbocycles. The third kappa shape index (κ3) is 2.76. The molecule has 1 aliphatic rings. The van der Waals surface area contributed by atoms with Crippen molar-refractivity contribution in [3.8, 4) is 0 Å². The smallest absolute Gasteiger partial charge is 0.363 e. The topological polar surface area (TPSA) is 85.3 Å². The minimum atomic E-state index is -0.475. The maximum absolute atomic E-state index is 10.6. The quantitative estimate of drug-likeness (QED) is 0.649. The predicted molar refractivity (Wildman–Crippen MR) is 69.5 cm³/mol. The second kappa shape index (κ2) is 5.77. The highest BCUT2D eigenvalue weighted by atomic mass is 16.6. The Hall–Kier alpha value is -1.69. The molecule has 18 heavy (non-hydrogen) atoms. The number of rotatable bonds is 4. The van der Waals surface area contributed by atoms with E-state index in [1.165, 1.54) is 12.5 Å². The van der Waals surface area contributed by atoms with Gasteiger partial charge in [0, 0.05) is 18.7 Å². The molecule has 2 rings (SSSR count). The Morgan fingerprint density at radius 3 is 2.94 bits per heavy atom. The fourth-order valence-corrected chi connectivity index (χ4v) is 2.49. The van der Waals surface area contributed by atoms with Gasteiger partial charge in [0.25, 0.3) is 0 Å². The lowest BCUT2D eigenvalue weighted by atomic mass is 9.99. The second-order valence-electron chi connectivity index (χ2n) is 4.55.